The van der Waals surface area contributed by atoms with Gasteiger partial charge < -0.3 is 20.5 Å². The highest BCUT2D eigenvalue weighted by Crippen LogP contribution is 2.31. The number of nitrogens with zero attached hydrogens (tertiary/aromatic N) is 2. The lowest BCUT2D eigenvalue weighted by atomic mass is 10.1. The summed E-state index contributed by atoms with van der Waals surface area (Å²) in [5.41, 5.74) is 2.29. The number of fused-ring (bicyclic) bond motifs is 1. The zero-order valence-electron chi connectivity index (χ0n) is 16.9. The van der Waals surface area contributed by atoms with E-state index in [9.17, 15) is 9.90 Å². The van der Waals surface area contributed by atoms with Crippen LogP contribution in [0, 0.1) is 0 Å². The molecule has 31 heavy (non-hydrogen) atoms. The third kappa shape index (κ3) is 5.17. The minimum absolute atomic E-state index is 0.00882. The standard InChI is InChI=1S/C23H22N4O3S/c1-24-22(29)20-12-18(9-10-25-20)30-17-7-8-19-21(13-17)31-23(27-19)26-16(14-28)11-15-5-3-2-4-6-15/h2-10,12-13,16,28H,11,14H2,1H3,(H,24,29)(H,26,27). The Morgan fingerprint density at radius 3 is 2.71 bits per heavy atom. The second kappa shape index (κ2) is 9.55. The van der Waals surface area contributed by atoms with Crippen LogP contribution in [0.25, 0.3) is 10.2 Å². The van der Waals surface area contributed by atoms with Crippen molar-refractivity contribution in [1.82, 2.24) is 15.3 Å². The highest BCUT2D eigenvalue weighted by atomic mass is 32.1. The summed E-state index contributed by atoms with van der Waals surface area (Å²) in [7, 11) is 1.56. The number of nitrogens with one attached hydrogen (secondary N) is 2. The number of carbonyl (C=O) groups excluding carboxylic acids is 1. The number of ether oxygens (including phenoxy) is 1. The summed E-state index contributed by atoms with van der Waals surface area (Å²) in [5.74, 6) is 0.895. The van der Waals surface area contributed by atoms with E-state index in [4.69, 9.17) is 4.74 Å². The van der Waals surface area contributed by atoms with E-state index in [1.165, 1.54) is 17.5 Å². The van der Waals surface area contributed by atoms with Crippen LogP contribution < -0.4 is 15.4 Å². The molecule has 1 unspecified atom stereocenters. The summed E-state index contributed by atoms with van der Waals surface area (Å²) in [4.78, 5) is 20.4. The van der Waals surface area contributed by atoms with Gasteiger partial charge in [0.1, 0.15) is 17.2 Å². The van der Waals surface area contributed by atoms with Gasteiger partial charge in [-0.25, -0.2) is 4.98 Å². The van der Waals surface area contributed by atoms with Gasteiger partial charge in [0, 0.05) is 25.4 Å². The van der Waals surface area contributed by atoms with Gasteiger partial charge in [-0.2, -0.15) is 0 Å². The molecule has 0 radical (unpaired) electrons. The largest absolute Gasteiger partial charge is 0.457 e. The molecule has 0 aliphatic rings. The van der Waals surface area contributed by atoms with Gasteiger partial charge in [-0.15, -0.1) is 0 Å². The zero-order valence-corrected chi connectivity index (χ0v) is 17.7. The lowest BCUT2D eigenvalue weighted by Gasteiger charge is -2.15. The molecule has 0 aliphatic heterocycles. The first-order valence-electron chi connectivity index (χ1n) is 9.82. The first-order chi connectivity index (χ1) is 15.1. The molecule has 3 N–H and O–H groups in total. The molecule has 0 bridgehead atoms. The summed E-state index contributed by atoms with van der Waals surface area (Å²) < 4.78 is 6.87. The molecule has 1 atom stereocenters. The molecular formula is C23H22N4O3S. The number of thiazole rings is 1. The quantitative estimate of drug-likeness (QED) is 0.390. The topological polar surface area (TPSA) is 96.4 Å². The van der Waals surface area contributed by atoms with Crippen LogP contribution >= 0.6 is 11.3 Å². The monoisotopic (exact) mass is 434 g/mol. The van der Waals surface area contributed by atoms with Gasteiger partial charge in [-0.1, -0.05) is 41.7 Å². The number of carbonyl (C=O) groups is 1. The molecule has 0 saturated carbocycles. The van der Waals surface area contributed by atoms with Crippen LogP contribution in [0.3, 0.4) is 0 Å². The Morgan fingerprint density at radius 2 is 1.94 bits per heavy atom. The maximum Gasteiger partial charge on any atom is 0.269 e. The van der Waals surface area contributed by atoms with Crippen LogP contribution in [-0.4, -0.2) is 40.7 Å². The number of hydrogen-bond donors (Lipinski definition) is 3. The van der Waals surface area contributed by atoms with Crippen molar-refractivity contribution in [3.63, 3.8) is 0 Å². The van der Waals surface area contributed by atoms with E-state index in [0.717, 1.165) is 20.9 Å². The second-order valence-electron chi connectivity index (χ2n) is 6.92. The number of aliphatic hydroxyl groups is 1. The highest BCUT2D eigenvalue weighted by molar-refractivity contribution is 7.22. The SMILES string of the molecule is CNC(=O)c1cc(Oc2ccc3nc(NC(CO)Cc4ccccc4)sc3c2)ccn1. The molecule has 158 valence electrons. The lowest BCUT2D eigenvalue weighted by Crippen LogP contribution is -2.26. The van der Waals surface area contributed by atoms with E-state index in [0.29, 0.717) is 23.6 Å². The summed E-state index contributed by atoms with van der Waals surface area (Å²) in [6, 6.07) is 18.8. The number of benzene rings is 2. The van der Waals surface area contributed by atoms with Crippen molar-refractivity contribution in [3.8, 4) is 11.5 Å². The Bertz CT molecular complexity index is 1180. The average Bonchev–Trinajstić information content (AvgIpc) is 3.20. The maximum absolute atomic E-state index is 11.8. The molecule has 0 aliphatic carbocycles. The minimum atomic E-state index is -0.270. The Balaban J connectivity index is 1.48. The van der Waals surface area contributed by atoms with Crippen LogP contribution in [0.2, 0.25) is 0 Å². The maximum atomic E-state index is 11.8. The molecule has 0 spiro atoms. The molecule has 1 amide bonds. The summed E-state index contributed by atoms with van der Waals surface area (Å²) in [6.45, 7) is 0.00882. The van der Waals surface area contributed by atoms with Crippen molar-refractivity contribution in [2.75, 3.05) is 19.0 Å². The average molecular weight is 435 g/mol. The number of amides is 1. The molecule has 4 aromatic rings. The van der Waals surface area contributed by atoms with Crippen molar-refractivity contribution in [2.45, 2.75) is 12.5 Å². The van der Waals surface area contributed by atoms with Crippen LogP contribution in [0.1, 0.15) is 16.1 Å². The molecule has 7 nitrogen and oxygen atoms in total. The van der Waals surface area contributed by atoms with Crippen LogP contribution in [0.4, 0.5) is 5.13 Å². The first-order valence-corrected chi connectivity index (χ1v) is 10.6. The molecule has 2 aromatic heterocycles. The molecule has 8 heteroatoms. The van der Waals surface area contributed by atoms with Crippen LogP contribution in [-0.2, 0) is 6.42 Å². The first kappa shape index (κ1) is 20.8. The van der Waals surface area contributed by atoms with E-state index < -0.39 is 0 Å². The molecule has 2 aromatic carbocycles. The normalized spacial score (nSPS) is 11.8. The number of anilines is 1. The Labute approximate surface area is 183 Å². The fraction of sp³-hybridized carbons (Fsp3) is 0.174. The summed E-state index contributed by atoms with van der Waals surface area (Å²) in [6.07, 6.45) is 2.24. The number of rotatable bonds is 8. The molecule has 0 fully saturated rings. The van der Waals surface area contributed by atoms with E-state index in [1.807, 2.05) is 48.5 Å². The van der Waals surface area contributed by atoms with Crippen molar-refractivity contribution in [1.29, 1.82) is 0 Å². The third-order valence-corrected chi connectivity index (χ3v) is 5.61. The van der Waals surface area contributed by atoms with Crippen molar-refractivity contribution < 1.29 is 14.6 Å². The minimum Gasteiger partial charge on any atom is -0.457 e. The van der Waals surface area contributed by atoms with Gasteiger partial charge in [0.25, 0.3) is 5.91 Å². The Hall–Kier alpha value is -3.49. The van der Waals surface area contributed by atoms with Crippen molar-refractivity contribution in [3.05, 3.63) is 78.1 Å². The second-order valence-corrected chi connectivity index (χ2v) is 7.95. The van der Waals surface area contributed by atoms with Crippen molar-refractivity contribution in [2.24, 2.45) is 0 Å². The van der Waals surface area contributed by atoms with Gasteiger partial charge in [-0.3, -0.25) is 9.78 Å². The number of aliphatic hydroxyl groups excluding tert-OH is 1. The fourth-order valence-corrected chi connectivity index (χ4v) is 4.10. The summed E-state index contributed by atoms with van der Waals surface area (Å²) >= 11 is 1.50. The Morgan fingerprint density at radius 1 is 1.13 bits per heavy atom. The number of hydrogen-bond acceptors (Lipinski definition) is 7. The van der Waals surface area contributed by atoms with Crippen molar-refractivity contribution >= 4 is 32.6 Å². The number of aromatic nitrogens is 2. The van der Waals surface area contributed by atoms with Gasteiger partial charge in [0.15, 0.2) is 5.13 Å². The highest BCUT2D eigenvalue weighted by Gasteiger charge is 2.13. The van der Waals surface area contributed by atoms with E-state index in [-0.39, 0.29) is 18.6 Å². The predicted molar refractivity (Wildman–Crippen MR) is 122 cm³/mol. The Kier molecular flexibility index (Phi) is 6.40. The predicted octanol–water partition coefficient (Wildman–Crippen LogP) is 3.86. The van der Waals surface area contributed by atoms with Crippen LogP contribution in [0.5, 0.6) is 11.5 Å². The summed E-state index contributed by atoms with van der Waals surface area (Å²) in [5, 5.41) is 16.4. The molecule has 4 rings (SSSR count). The van der Waals surface area contributed by atoms with E-state index in [1.54, 1.807) is 19.2 Å². The lowest BCUT2D eigenvalue weighted by molar-refractivity contribution is 0.0958. The molecule has 0 saturated heterocycles. The third-order valence-electron chi connectivity index (χ3n) is 4.66. The van der Waals surface area contributed by atoms with Gasteiger partial charge in [0.05, 0.1) is 22.9 Å². The molecule has 2 heterocycles. The van der Waals surface area contributed by atoms with Gasteiger partial charge in [-0.05, 0) is 30.2 Å². The molecular weight excluding hydrogens is 412 g/mol. The fourth-order valence-electron chi connectivity index (χ4n) is 3.13. The van der Waals surface area contributed by atoms with Gasteiger partial charge in [0.2, 0.25) is 0 Å². The van der Waals surface area contributed by atoms with Crippen LogP contribution in [0.15, 0.2) is 66.9 Å². The van der Waals surface area contributed by atoms with E-state index >= 15 is 0 Å². The van der Waals surface area contributed by atoms with E-state index in [2.05, 4.69) is 20.6 Å². The zero-order chi connectivity index (χ0) is 21.6. The van der Waals surface area contributed by atoms with Gasteiger partial charge >= 0.3 is 0 Å². The number of pyridine rings is 1. The smallest absolute Gasteiger partial charge is 0.269 e.